The minimum atomic E-state index is -0.308. The van der Waals surface area contributed by atoms with Crippen LogP contribution in [0, 0.1) is 0 Å². The molecule has 0 saturated heterocycles. The lowest BCUT2D eigenvalue weighted by Gasteiger charge is -2.23. The molecule has 0 bridgehead atoms. The summed E-state index contributed by atoms with van der Waals surface area (Å²) >= 11 is 0. The number of aromatic nitrogens is 1. The number of rotatable bonds is 5. The molecule has 4 nitrogen and oxygen atoms in total. The molecule has 2 unspecified atom stereocenters. The Kier molecular flexibility index (Phi) is 4.36. The molecule has 2 aromatic rings. The van der Waals surface area contributed by atoms with Crippen LogP contribution in [-0.2, 0) is 0 Å². The molecule has 2 rings (SSSR count). The van der Waals surface area contributed by atoms with Gasteiger partial charge < -0.3 is 15.2 Å². The van der Waals surface area contributed by atoms with E-state index in [1.807, 2.05) is 49.4 Å². The lowest BCUT2D eigenvalue weighted by molar-refractivity contribution is 0.169. The maximum Gasteiger partial charge on any atom is 0.162 e. The number of hydrogen-bond donors (Lipinski definition) is 1. The second-order valence-electron chi connectivity index (χ2n) is 4.30. The number of nitrogens with zero attached hydrogens (tertiary/aromatic N) is 1. The van der Waals surface area contributed by atoms with E-state index < -0.39 is 0 Å². The molecule has 0 spiro atoms. The van der Waals surface area contributed by atoms with E-state index in [2.05, 4.69) is 4.98 Å². The Balaban J connectivity index is 2.27. The van der Waals surface area contributed by atoms with Gasteiger partial charge in [-0.15, -0.1) is 0 Å². The van der Waals surface area contributed by atoms with E-state index in [0.29, 0.717) is 11.5 Å². The highest BCUT2D eigenvalue weighted by Gasteiger charge is 2.20. The van der Waals surface area contributed by atoms with Crippen LogP contribution < -0.4 is 15.2 Å². The topological polar surface area (TPSA) is 57.4 Å². The van der Waals surface area contributed by atoms with Gasteiger partial charge >= 0.3 is 0 Å². The van der Waals surface area contributed by atoms with Crippen LogP contribution in [0.3, 0.4) is 0 Å². The summed E-state index contributed by atoms with van der Waals surface area (Å²) in [5.41, 5.74) is 6.81. The number of para-hydroxylation sites is 2. The molecule has 0 aliphatic rings. The van der Waals surface area contributed by atoms with Crippen LogP contribution in [0.5, 0.6) is 11.5 Å². The van der Waals surface area contributed by atoms with Gasteiger partial charge in [0.25, 0.3) is 0 Å². The van der Waals surface area contributed by atoms with E-state index in [1.165, 1.54) is 0 Å². The molecule has 0 aliphatic heterocycles. The van der Waals surface area contributed by atoms with E-state index >= 15 is 0 Å². The second-order valence-corrected chi connectivity index (χ2v) is 4.30. The monoisotopic (exact) mass is 258 g/mol. The van der Waals surface area contributed by atoms with Crippen LogP contribution in [0.25, 0.3) is 0 Å². The first-order valence-electron chi connectivity index (χ1n) is 6.18. The second kappa shape index (κ2) is 6.20. The molecule has 0 fully saturated rings. The van der Waals surface area contributed by atoms with Crippen LogP contribution in [0.2, 0.25) is 0 Å². The molecule has 1 aromatic heterocycles. The zero-order chi connectivity index (χ0) is 13.7. The number of hydrogen-bond acceptors (Lipinski definition) is 4. The van der Waals surface area contributed by atoms with Crippen LogP contribution >= 0.6 is 0 Å². The summed E-state index contributed by atoms with van der Waals surface area (Å²) in [5, 5.41) is 0. The van der Waals surface area contributed by atoms with Crippen LogP contribution in [0.1, 0.15) is 18.7 Å². The van der Waals surface area contributed by atoms with Crippen molar-refractivity contribution < 1.29 is 9.47 Å². The van der Waals surface area contributed by atoms with Crippen molar-refractivity contribution in [3.05, 3.63) is 54.4 Å². The number of benzene rings is 1. The molecule has 0 aliphatic carbocycles. The van der Waals surface area contributed by atoms with Crippen molar-refractivity contribution in [3.8, 4) is 11.5 Å². The Bertz CT molecular complexity index is 515. The van der Waals surface area contributed by atoms with E-state index in [4.69, 9.17) is 15.2 Å². The Morgan fingerprint density at radius 3 is 2.32 bits per heavy atom. The highest BCUT2D eigenvalue weighted by Crippen LogP contribution is 2.31. The first kappa shape index (κ1) is 13.4. The van der Waals surface area contributed by atoms with Gasteiger partial charge in [-0.05, 0) is 31.2 Å². The third kappa shape index (κ3) is 3.23. The molecule has 2 atom stereocenters. The fourth-order valence-corrected chi connectivity index (χ4v) is 1.83. The quantitative estimate of drug-likeness (QED) is 0.895. The third-order valence-corrected chi connectivity index (χ3v) is 2.78. The fraction of sp³-hybridized carbons (Fsp3) is 0.267. The zero-order valence-electron chi connectivity index (χ0n) is 11.1. The van der Waals surface area contributed by atoms with Gasteiger partial charge in [0.2, 0.25) is 0 Å². The van der Waals surface area contributed by atoms with E-state index in [0.717, 1.165) is 5.69 Å². The Morgan fingerprint density at radius 2 is 1.74 bits per heavy atom. The summed E-state index contributed by atoms with van der Waals surface area (Å²) in [7, 11) is 1.61. The Hall–Kier alpha value is -2.07. The molecule has 4 heteroatoms. The fourth-order valence-electron chi connectivity index (χ4n) is 1.83. The number of methoxy groups -OCH3 is 1. The first-order chi connectivity index (χ1) is 9.22. The lowest BCUT2D eigenvalue weighted by atomic mass is 10.1. The predicted octanol–water partition coefficient (Wildman–Crippen LogP) is 2.56. The number of ether oxygens (including phenoxy) is 2. The van der Waals surface area contributed by atoms with E-state index in [-0.39, 0.29) is 12.1 Å². The van der Waals surface area contributed by atoms with Crippen LogP contribution in [0.15, 0.2) is 48.7 Å². The van der Waals surface area contributed by atoms with Crippen molar-refractivity contribution >= 4 is 0 Å². The molecule has 100 valence electrons. The standard InChI is InChI=1S/C15H18N2O2/c1-11(16)15(12-7-5-6-10-17-12)19-14-9-4-3-8-13(14)18-2/h3-11,15H,16H2,1-2H3. The SMILES string of the molecule is COc1ccccc1OC(c1ccccn1)C(C)N. The molecule has 0 amide bonds. The van der Waals surface area contributed by atoms with Gasteiger partial charge in [-0.2, -0.15) is 0 Å². The van der Waals surface area contributed by atoms with Gasteiger partial charge in [-0.25, -0.2) is 0 Å². The van der Waals surface area contributed by atoms with Crippen molar-refractivity contribution in [3.63, 3.8) is 0 Å². The summed E-state index contributed by atoms with van der Waals surface area (Å²) in [5.74, 6) is 1.35. The molecular weight excluding hydrogens is 240 g/mol. The summed E-state index contributed by atoms with van der Waals surface area (Å²) in [6, 6.07) is 13.0. The van der Waals surface area contributed by atoms with Gasteiger partial charge in [-0.1, -0.05) is 18.2 Å². The number of nitrogens with two attached hydrogens (primary N) is 1. The van der Waals surface area contributed by atoms with E-state index in [1.54, 1.807) is 13.3 Å². The molecule has 19 heavy (non-hydrogen) atoms. The molecule has 1 heterocycles. The molecule has 2 N–H and O–H groups in total. The average Bonchev–Trinajstić information content (AvgIpc) is 2.45. The van der Waals surface area contributed by atoms with Crippen LogP contribution in [-0.4, -0.2) is 18.1 Å². The normalized spacial score (nSPS) is 13.6. The van der Waals surface area contributed by atoms with E-state index in [9.17, 15) is 0 Å². The average molecular weight is 258 g/mol. The van der Waals surface area contributed by atoms with Crippen LogP contribution in [0.4, 0.5) is 0 Å². The van der Waals surface area contributed by atoms with Crippen molar-refractivity contribution in [1.82, 2.24) is 4.98 Å². The molecular formula is C15H18N2O2. The van der Waals surface area contributed by atoms with Crippen molar-refractivity contribution in [2.75, 3.05) is 7.11 Å². The Labute approximate surface area is 113 Å². The summed E-state index contributed by atoms with van der Waals surface area (Å²) in [4.78, 5) is 4.31. The van der Waals surface area contributed by atoms with Crippen molar-refractivity contribution in [2.45, 2.75) is 19.1 Å². The van der Waals surface area contributed by atoms with Crippen molar-refractivity contribution in [1.29, 1.82) is 0 Å². The molecule has 1 aromatic carbocycles. The summed E-state index contributed by atoms with van der Waals surface area (Å²) in [6.45, 7) is 1.90. The third-order valence-electron chi connectivity index (χ3n) is 2.78. The maximum absolute atomic E-state index is 6.00. The van der Waals surface area contributed by atoms with Gasteiger partial charge in [0.05, 0.1) is 12.8 Å². The van der Waals surface area contributed by atoms with Gasteiger partial charge in [0.15, 0.2) is 17.6 Å². The summed E-state index contributed by atoms with van der Waals surface area (Å²) in [6.07, 6.45) is 1.42. The van der Waals surface area contributed by atoms with Crippen molar-refractivity contribution in [2.24, 2.45) is 5.73 Å². The highest BCUT2D eigenvalue weighted by molar-refractivity contribution is 5.39. The largest absolute Gasteiger partial charge is 0.493 e. The minimum Gasteiger partial charge on any atom is -0.493 e. The predicted molar refractivity (Wildman–Crippen MR) is 74.2 cm³/mol. The van der Waals surface area contributed by atoms with Gasteiger partial charge in [0.1, 0.15) is 0 Å². The van der Waals surface area contributed by atoms with Gasteiger partial charge in [-0.3, -0.25) is 4.98 Å². The maximum atomic E-state index is 6.00. The lowest BCUT2D eigenvalue weighted by Crippen LogP contribution is -2.29. The van der Waals surface area contributed by atoms with Gasteiger partial charge in [0, 0.05) is 12.2 Å². The first-order valence-corrected chi connectivity index (χ1v) is 6.18. The highest BCUT2D eigenvalue weighted by atomic mass is 16.5. The zero-order valence-corrected chi connectivity index (χ0v) is 11.1. The summed E-state index contributed by atoms with van der Waals surface area (Å²) < 4.78 is 11.2. The minimum absolute atomic E-state index is 0.181. The smallest absolute Gasteiger partial charge is 0.162 e. The number of pyridine rings is 1. The molecule has 0 radical (unpaired) electrons. The Morgan fingerprint density at radius 1 is 1.05 bits per heavy atom. The molecule has 0 saturated carbocycles.